The molecule has 0 radical (unpaired) electrons. The molecule has 9 heteroatoms. The average Bonchev–Trinajstić information content (AvgIpc) is 2.59. The second kappa shape index (κ2) is 5.23. The van der Waals surface area contributed by atoms with Crippen LogP contribution >= 0.6 is 0 Å². The van der Waals surface area contributed by atoms with Gasteiger partial charge >= 0.3 is 17.7 Å². The minimum absolute atomic E-state index is 0.149. The van der Waals surface area contributed by atoms with Gasteiger partial charge in [0.2, 0.25) is 0 Å². The molecule has 1 heterocycles. The number of ether oxygens (including phenoxy) is 1. The van der Waals surface area contributed by atoms with E-state index in [1.165, 1.54) is 4.68 Å². The van der Waals surface area contributed by atoms with E-state index in [-0.39, 0.29) is 6.04 Å². The first kappa shape index (κ1) is 14.3. The first-order valence-electron chi connectivity index (χ1n) is 5.14. The number of nitrogens with zero attached hydrogens (tertiary/aromatic N) is 3. The van der Waals surface area contributed by atoms with Crippen LogP contribution in [-0.4, -0.2) is 27.5 Å². The van der Waals surface area contributed by atoms with Gasteiger partial charge in [0.25, 0.3) is 0 Å². The molecule has 0 aliphatic carbocycles. The largest absolute Gasteiger partial charge is 0.471 e. The van der Waals surface area contributed by atoms with Gasteiger partial charge in [-0.2, -0.15) is 13.2 Å². The Morgan fingerprint density at radius 1 is 1.56 bits per heavy atom. The van der Waals surface area contributed by atoms with E-state index in [4.69, 9.17) is 4.74 Å². The van der Waals surface area contributed by atoms with Crippen LogP contribution in [0, 0.1) is 10.1 Å². The average molecular weight is 267 g/mol. The number of alkyl halides is 3. The van der Waals surface area contributed by atoms with Crippen molar-refractivity contribution in [3.05, 3.63) is 16.3 Å². The van der Waals surface area contributed by atoms with Crippen LogP contribution < -0.4 is 4.74 Å². The quantitative estimate of drug-likeness (QED) is 0.607. The van der Waals surface area contributed by atoms with Crippen LogP contribution in [0.15, 0.2) is 6.20 Å². The zero-order valence-electron chi connectivity index (χ0n) is 9.77. The minimum atomic E-state index is -4.37. The van der Waals surface area contributed by atoms with Gasteiger partial charge in [0.05, 0.1) is 18.0 Å². The first-order valence-corrected chi connectivity index (χ1v) is 5.14. The number of halogens is 3. The van der Waals surface area contributed by atoms with E-state index in [1.807, 2.05) is 0 Å². The Balaban J connectivity index is 2.77. The van der Waals surface area contributed by atoms with Gasteiger partial charge in [0, 0.05) is 6.04 Å². The highest BCUT2D eigenvalue weighted by Gasteiger charge is 2.28. The van der Waals surface area contributed by atoms with E-state index in [0.29, 0.717) is 0 Å². The monoisotopic (exact) mass is 267 g/mol. The van der Waals surface area contributed by atoms with Gasteiger partial charge in [-0.3, -0.25) is 14.8 Å². The SMILES string of the molecule is CC(C)n1cc([N+](=O)[O-])c(OCCC(F)(F)F)n1. The maximum atomic E-state index is 11.9. The lowest BCUT2D eigenvalue weighted by Crippen LogP contribution is -2.13. The van der Waals surface area contributed by atoms with Crippen molar-refractivity contribution in [2.75, 3.05) is 6.61 Å². The highest BCUT2D eigenvalue weighted by atomic mass is 19.4. The molecule has 0 unspecified atom stereocenters. The molecule has 0 fully saturated rings. The third-order valence-electron chi connectivity index (χ3n) is 2.03. The standard InChI is InChI=1S/C9H12F3N3O3/c1-6(2)14-5-7(15(16)17)8(13-14)18-4-3-9(10,11)12/h5-6H,3-4H2,1-2H3. The molecule has 102 valence electrons. The fourth-order valence-electron chi connectivity index (χ4n) is 1.12. The summed E-state index contributed by atoms with van der Waals surface area (Å²) in [6.45, 7) is 2.77. The fourth-order valence-corrected chi connectivity index (χ4v) is 1.12. The summed E-state index contributed by atoms with van der Waals surface area (Å²) in [6, 6.07) is -0.149. The van der Waals surface area contributed by atoms with E-state index in [9.17, 15) is 23.3 Å². The second-order valence-corrected chi connectivity index (χ2v) is 3.86. The number of hydrogen-bond acceptors (Lipinski definition) is 4. The van der Waals surface area contributed by atoms with Crippen LogP contribution in [-0.2, 0) is 0 Å². The minimum Gasteiger partial charge on any atom is -0.471 e. The van der Waals surface area contributed by atoms with Crippen LogP contribution in [0.1, 0.15) is 26.3 Å². The Hall–Kier alpha value is -1.80. The number of aromatic nitrogens is 2. The molecule has 18 heavy (non-hydrogen) atoms. The summed E-state index contributed by atoms with van der Waals surface area (Å²) in [4.78, 5) is 9.93. The Kier molecular flexibility index (Phi) is 4.15. The number of nitro groups is 1. The second-order valence-electron chi connectivity index (χ2n) is 3.86. The molecule has 0 aromatic carbocycles. The molecule has 0 bridgehead atoms. The summed E-state index contributed by atoms with van der Waals surface area (Å²) in [5.74, 6) is -0.391. The van der Waals surface area contributed by atoms with Crippen molar-refractivity contribution in [1.82, 2.24) is 9.78 Å². The molecule has 0 spiro atoms. The van der Waals surface area contributed by atoms with Gasteiger partial charge in [-0.05, 0) is 13.8 Å². The van der Waals surface area contributed by atoms with Crippen molar-refractivity contribution in [3.8, 4) is 5.88 Å². The van der Waals surface area contributed by atoms with E-state index in [0.717, 1.165) is 6.20 Å². The van der Waals surface area contributed by atoms with Gasteiger partial charge < -0.3 is 4.74 Å². The maximum absolute atomic E-state index is 11.9. The summed E-state index contributed by atoms with van der Waals surface area (Å²) in [7, 11) is 0. The molecule has 0 N–H and O–H groups in total. The van der Waals surface area contributed by atoms with Gasteiger partial charge in [-0.15, -0.1) is 5.10 Å². The van der Waals surface area contributed by atoms with Crippen LogP contribution in [0.3, 0.4) is 0 Å². The van der Waals surface area contributed by atoms with Crippen LogP contribution in [0.2, 0.25) is 0 Å². The highest BCUT2D eigenvalue weighted by molar-refractivity contribution is 5.38. The van der Waals surface area contributed by atoms with Gasteiger partial charge in [-0.25, -0.2) is 0 Å². The van der Waals surface area contributed by atoms with Gasteiger partial charge in [-0.1, -0.05) is 0 Å². The van der Waals surface area contributed by atoms with Crippen LogP contribution in [0.25, 0.3) is 0 Å². The number of hydrogen-bond donors (Lipinski definition) is 0. The molecule has 0 aliphatic heterocycles. The Morgan fingerprint density at radius 3 is 2.61 bits per heavy atom. The lowest BCUT2D eigenvalue weighted by molar-refractivity contribution is -0.386. The Labute approximate surface area is 100 Å². The lowest BCUT2D eigenvalue weighted by Gasteiger charge is -2.06. The lowest BCUT2D eigenvalue weighted by atomic mass is 10.4. The van der Waals surface area contributed by atoms with E-state index >= 15 is 0 Å². The predicted molar refractivity (Wildman–Crippen MR) is 55.4 cm³/mol. The smallest absolute Gasteiger partial charge is 0.392 e. The zero-order valence-corrected chi connectivity index (χ0v) is 9.77. The maximum Gasteiger partial charge on any atom is 0.392 e. The molecule has 0 aliphatic rings. The summed E-state index contributed by atoms with van der Waals surface area (Å²) in [5, 5.41) is 14.4. The number of rotatable bonds is 5. The Bertz CT molecular complexity index is 428. The normalized spacial score (nSPS) is 11.9. The van der Waals surface area contributed by atoms with Crippen molar-refractivity contribution in [3.63, 3.8) is 0 Å². The van der Waals surface area contributed by atoms with Crippen molar-refractivity contribution in [1.29, 1.82) is 0 Å². The van der Waals surface area contributed by atoms with E-state index in [1.54, 1.807) is 13.8 Å². The molecule has 0 saturated heterocycles. The van der Waals surface area contributed by atoms with Crippen LogP contribution in [0.5, 0.6) is 5.88 Å². The topological polar surface area (TPSA) is 70.2 Å². The summed E-state index contributed by atoms with van der Waals surface area (Å²) < 4.78 is 41.7. The predicted octanol–water partition coefficient (Wildman–Crippen LogP) is 2.70. The van der Waals surface area contributed by atoms with Gasteiger partial charge in [0.15, 0.2) is 0 Å². The first-order chi connectivity index (χ1) is 8.20. The van der Waals surface area contributed by atoms with E-state index < -0.39 is 35.7 Å². The third kappa shape index (κ3) is 3.90. The van der Waals surface area contributed by atoms with Crippen molar-refractivity contribution >= 4 is 5.69 Å². The van der Waals surface area contributed by atoms with Crippen molar-refractivity contribution in [2.24, 2.45) is 0 Å². The molecule has 1 aromatic rings. The molecular formula is C9H12F3N3O3. The molecule has 1 rings (SSSR count). The summed E-state index contributed by atoms with van der Waals surface area (Å²) in [5.41, 5.74) is -0.439. The third-order valence-corrected chi connectivity index (χ3v) is 2.03. The highest BCUT2D eigenvalue weighted by Crippen LogP contribution is 2.27. The molecular weight excluding hydrogens is 255 g/mol. The molecule has 0 amide bonds. The summed E-state index contributed by atoms with van der Waals surface area (Å²) >= 11 is 0. The molecule has 0 saturated carbocycles. The van der Waals surface area contributed by atoms with Crippen LogP contribution in [0.4, 0.5) is 18.9 Å². The van der Waals surface area contributed by atoms with Gasteiger partial charge in [0.1, 0.15) is 6.20 Å². The molecule has 6 nitrogen and oxygen atoms in total. The van der Waals surface area contributed by atoms with E-state index in [2.05, 4.69) is 5.10 Å². The molecule has 0 atom stereocenters. The fraction of sp³-hybridized carbons (Fsp3) is 0.667. The Morgan fingerprint density at radius 2 is 2.17 bits per heavy atom. The summed E-state index contributed by atoms with van der Waals surface area (Å²) in [6.07, 6.45) is -4.42. The van der Waals surface area contributed by atoms with Crippen molar-refractivity contribution in [2.45, 2.75) is 32.5 Å². The molecule has 1 aromatic heterocycles. The zero-order chi connectivity index (χ0) is 13.9. The van der Waals surface area contributed by atoms with Crippen molar-refractivity contribution < 1.29 is 22.8 Å².